The van der Waals surface area contributed by atoms with Crippen molar-refractivity contribution in [2.24, 2.45) is 0 Å². The SMILES string of the molecule is C[C]1C=C=C(c2cc(C)ccn2)C=C1.C[C]1C=C=C(c2cc(C)ccn2)C=C1.FC(F)(F)c1ccc(-c2ccc(C(F)(F)F)cn2)nc1.F[P-](F)(F)(F)(F)F.[Ir]. The Labute approximate surface area is 327 Å². The van der Waals surface area contributed by atoms with Crippen LogP contribution in [0.2, 0.25) is 0 Å². The number of pyridine rings is 4. The van der Waals surface area contributed by atoms with Gasteiger partial charge in [0.1, 0.15) is 0 Å². The molecule has 301 valence electrons. The Bertz CT molecular complexity index is 1990. The van der Waals surface area contributed by atoms with E-state index in [1.165, 1.54) is 23.0 Å². The molecule has 0 aromatic carbocycles. The Balaban J connectivity index is 0.000000270. The molecule has 0 atom stereocenters. The summed E-state index contributed by atoms with van der Waals surface area (Å²) < 4.78 is 133. The minimum Gasteiger partial charge on any atom is 0 e. The van der Waals surface area contributed by atoms with Crippen LogP contribution in [0.15, 0.2) is 121 Å². The zero-order valence-electron chi connectivity index (χ0n) is 29.5. The minimum absolute atomic E-state index is 0. The fraction of sp³-hybridized carbons (Fsp3) is 0.158. The summed E-state index contributed by atoms with van der Waals surface area (Å²) >= 11 is 0. The minimum atomic E-state index is -10.7. The van der Waals surface area contributed by atoms with Crippen LogP contribution in [0.1, 0.15) is 47.5 Å². The monoisotopic (exact) mass is 994 g/mol. The molecule has 18 heteroatoms. The van der Waals surface area contributed by atoms with Gasteiger partial charge in [-0.15, -0.1) is 11.5 Å². The number of aryl methyl sites for hydroxylation is 2. The number of aromatic nitrogens is 4. The summed E-state index contributed by atoms with van der Waals surface area (Å²) in [5.74, 6) is 2.45. The van der Waals surface area contributed by atoms with Crippen molar-refractivity contribution in [1.29, 1.82) is 0 Å². The van der Waals surface area contributed by atoms with Crippen LogP contribution >= 0.6 is 7.81 Å². The fourth-order valence-corrected chi connectivity index (χ4v) is 4.12. The Kier molecular flexibility index (Phi) is 15.3. The van der Waals surface area contributed by atoms with E-state index in [1.807, 2.05) is 36.7 Å². The van der Waals surface area contributed by atoms with E-state index in [4.69, 9.17) is 0 Å². The number of halogens is 12. The zero-order chi connectivity index (χ0) is 41.3. The van der Waals surface area contributed by atoms with Crippen LogP contribution in [0.4, 0.5) is 51.5 Å². The van der Waals surface area contributed by atoms with Gasteiger partial charge in [0.25, 0.3) is 0 Å². The average molecular weight is 994 g/mol. The summed E-state index contributed by atoms with van der Waals surface area (Å²) in [5, 5.41) is 0. The quantitative estimate of drug-likeness (QED) is 0.117. The maximum Gasteiger partial charge on any atom is 0 e. The van der Waals surface area contributed by atoms with Gasteiger partial charge < -0.3 is 0 Å². The van der Waals surface area contributed by atoms with Crippen LogP contribution in [-0.2, 0) is 32.5 Å². The van der Waals surface area contributed by atoms with E-state index < -0.39 is 31.3 Å². The molecule has 0 aliphatic heterocycles. The summed E-state index contributed by atoms with van der Waals surface area (Å²) in [6, 6.07) is 11.8. The normalized spacial score (nSPS) is 15.2. The third-order valence-electron chi connectivity index (χ3n) is 6.76. The molecular weight excluding hydrogens is 964 g/mol. The molecule has 4 aromatic rings. The van der Waals surface area contributed by atoms with E-state index in [0.29, 0.717) is 12.4 Å². The Morgan fingerprint density at radius 2 is 0.821 bits per heavy atom. The van der Waals surface area contributed by atoms with E-state index in [9.17, 15) is 51.5 Å². The molecule has 0 fully saturated rings. The second kappa shape index (κ2) is 18.1. The van der Waals surface area contributed by atoms with Crippen molar-refractivity contribution < 1.29 is 71.6 Å². The molecule has 0 unspecified atom stereocenters. The largest absolute Gasteiger partial charge is 0 e. The van der Waals surface area contributed by atoms with Gasteiger partial charge in [0.2, 0.25) is 0 Å². The van der Waals surface area contributed by atoms with Gasteiger partial charge in [0, 0.05) is 67.9 Å². The molecule has 0 bridgehead atoms. The molecule has 0 amide bonds. The molecule has 4 aromatic heterocycles. The van der Waals surface area contributed by atoms with Crippen molar-refractivity contribution in [1.82, 2.24) is 19.9 Å². The maximum atomic E-state index is 12.3. The van der Waals surface area contributed by atoms with Gasteiger partial charge in [0.15, 0.2) is 0 Å². The summed E-state index contributed by atoms with van der Waals surface area (Å²) in [6.07, 6.45) is 8.08. The summed E-state index contributed by atoms with van der Waals surface area (Å²) in [7, 11) is -10.7. The Hall–Kier alpha value is -4.64. The first-order valence-electron chi connectivity index (χ1n) is 15.6. The van der Waals surface area contributed by atoms with E-state index in [-0.39, 0.29) is 31.5 Å². The summed E-state index contributed by atoms with van der Waals surface area (Å²) in [4.78, 5) is 15.7. The summed E-state index contributed by atoms with van der Waals surface area (Å²) in [5.41, 5.74) is 11.2. The number of nitrogens with zero attached hydrogens (tertiary/aromatic N) is 4. The van der Waals surface area contributed by atoms with Gasteiger partial charge in [-0.05, 0) is 97.8 Å². The first-order valence-corrected chi connectivity index (χ1v) is 17.6. The molecule has 0 saturated carbocycles. The van der Waals surface area contributed by atoms with E-state index in [1.54, 1.807) is 0 Å². The first-order chi connectivity index (χ1) is 25.1. The van der Waals surface area contributed by atoms with Gasteiger partial charge in [0.05, 0.1) is 33.9 Å². The zero-order valence-corrected chi connectivity index (χ0v) is 32.8. The number of hydrogen-bond donors (Lipinski definition) is 0. The number of rotatable bonds is 3. The molecule has 56 heavy (non-hydrogen) atoms. The molecule has 0 saturated heterocycles. The molecule has 4 nitrogen and oxygen atoms in total. The van der Waals surface area contributed by atoms with Crippen LogP contribution < -0.4 is 0 Å². The average Bonchev–Trinajstić information content (AvgIpc) is 3.08. The maximum absolute atomic E-state index is 12.3. The molecule has 0 spiro atoms. The third-order valence-corrected chi connectivity index (χ3v) is 6.76. The van der Waals surface area contributed by atoms with Gasteiger partial charge in [-0.25, -0.2) is 0 Å². The van der Waals surface area contributed by atoms with Crippen LogP contribution in [0.25, 0.3) is 22.5 Å². The topological polar surface area (TPSA) is 51.6 Å². The second-order valence-electron chi connectivity index (χ2n) is 11.8. The van der Waals surface area contributed by atoms with E-state index >= 15 is 0 Å². The van der Waals surface area contributed by atoms with E-state index in [2.05, 4.69) is 95.5 Å². The third kappa shape index (κ3) is 18.3. The Morgan fingerprint density at radius 3 is 1.05 bits per heavy atom. The van der Waals surface area contributed by atoms with Crippen molar-refractivity contribution in [2.45, 2.75) is 40.0 Å². The van der Waals surface area contributed by atoms with Gasteiger partial charge in [-0.1, -0.05) is 26.0 Å². The van der Waals surface area contributed by atoms with Crippen LogP contribution in [0.3, 0.4) is 0 Å². The Morgan fingerprint density at radius 1 is 0.482 bits per heavy atom. The van der Waals surface area contributed by atoms with Gasteiger partial charge in [-0.2, -0.15) is 26.3 Å². The predicted octanol–water partition coefficient (Wildman–Crippen LogP) is 13.7. The summed E-state index contributed by atoms with van der Waals surface area (Å²) in [6.45, 7) is 8.26. The van der Waals surface area contributed by atoms with Crippen molar-refractivity contribution >= 4 is 19.0 Å². The molecule has 6 rings (SSSR count). The number of alkyl halides is 6. The standard InChI is InChI=1S/2C13H12N.C12H6F6N2.F6P.Ir/c2*1-10-3-5-12(6-4-10)13-9-11(2)7-8-14-13;13-11(14,15)7-1-3-9(19-5-7)10-4-2-8(6-20-10)12(16,17)18;1-7(2,3,4,5)6;/h2*3-5,7-9H,1-2H3;1-6H;;/q;;;-1;. The van der Waals surface area contributed by atoms with Crippen LogP contribution in [0.5, 0.6) is 0 Å². The fourth-order valence-electron chi connectivity index (χ4n) is 4.12. The molecular formula is C38H30F12IrN4P-. The van der Waals surface area contributed by atoms with Crippen molar-refractivity contribution in [2.75, 3.05) is 0 Å². The van der Waals surface area contributed by atoms with Crippen molar-refractivity contribution in [3.63, 3.8) is 0 Å². The van der Waals surface area contributed by atoms with Gasteiger partial charge in [-0.3, -0.25) is 19.9 Å². The van der Waals surface area contributed by atoms with Crippen LogP contribution in [0, 0.1) is 25.7 Å². The van der Waals surface area contributed by atoms with E-state index in [0.717, 1.165) is 46.8 Å². The smallest absolute Gasteiger partial charge is 0 e. The van der Waals surface area contributed by atoms with Gasteiger partial charge >= 0.3 is 45.3 Å². The van der Waals surface area contributed by atoms with Crippen molar-refractivity contribution in [3.05, 3.63) is 167 Å². The molecule has 3 radical (unpaired) electrons. The molecule has 2 aliphatic rings. The molecule has 4 heterocycles. The van der Waals surface area contributed by atoms with Crippen molar-refractivity contribution in [3.8, 4) is 11.4 Å². The number of hydrogen-bond acceptors (Lipinski definition) is 4. The first kappa shape index (κ1) is 47.5. The molecule has 2 aliphatic carbocycles. The molecule has 0 N–H and O–H groups in total. The predicted molar refractivity (Wildman–Crippen MR) is 188 cm³/mol. The van der Waals surface area contributed by atoms with Crippen LogP contribution in [-0.4, -0.2) is 19.9 Å². The number of allylic oxidation sites excluding steroid dienone is 6. The second-order valence-corrected chi connectivity index (χ2v) is 13.7.